The molecule has 6 nitrogen and oxygen atoms in total. The number of fused-ring (bicyclic) bond motifs is 3. The highest BCUT2D eigenvalue weighted by atomic mass is 16.5. The molecule has 0 spiro atoms. The topological polar surface area (TPSA) is 64.5 Å². The number of allylic oxidation sites excluding steroid dienone is 1. The van der Waals surface area contributed by atoms with Crippen LogP contribution in [0.5, 0.6) is 11.5 Å². The fourth-order valence-corrected chi connectivity index (χ4v) is 3.46. The van der Waals surface area contributed by atoms with Crippen molar-refractivity contribution in [2.45, 2.75) is 13.1 Å². The van der Waals surface area contributed by atoms with Crippen molar-refractivity contribution in [1.29, 1.82) is 0 Å². The molecule has 0 saturated carbocycles. The molecule has 1 aromatic carbocycles. The zero-order chi connectivity index (χ0) is 18.9. The summed E-state index contributed by atoms with van der Waals surface area (Å²) in [6.07, 6.45) is 8.67. The number of hydrogen-bond acceptors (Lipinski definition) is 6. The molecule has 4 heterocycles. The summed E-state index contributed by atoms with van der Waals surface area (Å²) in [5.41, 5.74) is 3.45. The average molecular weight is 371 g/mol. The van der Waals surface area contributed by atoms with E-state index >= 15 is 0 Å². The number of rotatable bonds is 3. The Bertz CT molecular complexity index is 1070. The Kier molecular flexibility index (Phi) is 4.10. The van der Waals surface area contributed by atoms with Crippen molar-refractivity contribution < 1.29 is 14.3 Å². The van der Waals surface area contributed by atoms with Crippen LogP contribution in [0.2, 0.25) is 0 Å². The second-order valence-corrected chi connectivity index (χ2v) is 6.76. The monoisotopic (exact) mass is 371 g/mol. The van der Waals surface area contributed by atoms with Crippen molar-refractivity contribution in [3.63, 3.8) is 0 Å². The van der Waals surface area contributed by atoms with Gasteiger partial charge in [-0.25, -0.2) is 0 Å². The van der Waals surface area contributed by atoms with Gasteiger partial charge in [0.2, 0.25) is 5.78 Å². The van der Waals surface area contributed by atoms with E-state index < -0.39 is 0 Å². The van der Waals surface area contributed by atoms with Crippen LogP contribution in [0.25, 0.3) is 6.08 Å². The Hall–Kier alpha value is -3.51. The molecule has 28 heavy (non-hydrogen) atoms. The van der Waals surface area contributed by atoms with Gasteiger partial charge in [-0.3, -0.25) is 19.7 Å². The average Bonchev–Trinajstić information content (AvgIpc) is 3.05. The van der Waals surface area contributed by atoms with Crippen LogP contribution in [-0.4, -0.2) is 27.4 Å². The molecule has 0 unspecified atom stereocenters. The molecule has 0 atom stereocenters. The van der Waals surface area contributed by atoms with Crippen LogP contribution in [-0.2, 0) is 13.1 Å². The number of ether oxygens (including phenoxy) is 2. The molecular formula is C22H17N3O3. The van der Waals surface area contributed by atoms with E-state index in [4.69, 9.17) is 9.47 Å². The summed E-state index contributed by atoms with van der Waals surface area (Å²) >= 11 is 0. The third-order valence-electron chi connectivity index (χ3n) is 4.82. The minimum Gasteiger partial charge on any atom is -0.478 e. The summed E-state index contributed by atoms with van der Waals surface area (Å²) in [7, 11) is 0. The number of benzene rings is 1. The number of aromatic nitrogens is 2. The maximum absolute atomic E-state index is 12.8. The van der Waals surface area contributed by atoms with E-state index in [1.165, 1.54) is 0 Å². The Morgan fingerprint density at radius 1 is 1.07 bits per heavy atom. The largest absolute Gasteiger partial charge is 0.478 e. The van der Waals surface area contributed by atoms with Crippen molar-refractivity contribution >= 4 is 11.9 Å². The lowest BCUT2D eigenvalue weighted by Gasteiger charge is -2.29. The van der Waals surface area contributed by atoms with Gasteiger partial charge in [0.05, 0.1) is 11.1 Å². The van der Waals surface area contributed by atoms with E-state index in [1.807, 2.05) is 30.3 Å². The molecule has 0 radical (unpaired) electrons. The predicted molar refractivity (Wildman–Crippen MR) is 103 cm³/mol. The van der Waals surface area contributed by atoms with Crippen LogP contribution in [0.15, 0.2) is 66.9 Å². The first-order valence-electron chi connectivity index (χ1n) is 9.02. The molecule has 6 heteroatoms. The molecule has 5 rings (SSSR count). The van der Waals surface area contributed by atoms with Crippen LogP contribution < -0.4 is 9.47 Å². The molecule has 0 aliphatic carbocycles. The van der Waals surface area contributed by atoms with Crippen molar-refractivity contribution in [2.24, 2.45) is 0 Å². The minimum atomic E-state index is -0.118. The van der Waals surface area contributed by atoms with E-state index in [0.29, 0.717) is 30.3 Å². The molecule has 2 aliphatic rings. The van der Waals surface area contributed by atoms with Crippen molar-refractivity contribution in [2.75, 3.05) is 6.73 Å². The highest BCUT2D eigenvalue weighted by molar-refractivity contribution is 6.15. The lowest BCUT2D eigenvalue weighted by Crippen LogP contribution is -2.31. The van der Waals surface area contributed by atoms with Crippen LogP contribution in [0.3, 0.4) is 0 Å². The van der Waals surface area contributed by atoms with Gasteiger partial charge in [-0.1, -0.05) is 6.07 Å². The first-order valence-corrected chi connectivity index (χ1v) is 9.02. The summed E-state index contributed by atoms with van der Waals surface area (Å²) < 4.78 is 11.9. The summed E-state index contributed by atoms with van der Waals surface area (Å²) in [6.45, 7) is 1.87. The van der Waals surface area contributed by atoms with Crippen molar-refractivity contribution in [1.82, 2.24) is 14.9 Å². The molecule has 2 aliphatic heterocycles. The molecule has 0 fully saturated rings. The number of ketones is 1. The number of carbonyl (C=O) groups excluding carboxylic acids is 1. The first-order chi connectivity index (χ1) is 13.8. The highest BCUT2D eigenvalue weighted by Gasteiger charge is 2.33. The second-order valence-electron chi connectivity index (χ2n) is 6.76. The van der Waals surface area contributed by atoms with Crippen molar-refractivity contribution in [3.8, 4) is 11.5 Å². The van der Waals surface area contributed by atoms with Gasteiger partial charge in [-0.15, -0.1) is 0 Å². The third kappa shape index (κ3) is 3.04. The third-order valence-corrected chi connectivity index (χ3v) is 4.82. The van der Waals surface area contributed by atoms with Crippen LogP contribution in [0, 0.1) is 0 Å². The lowest BCUT2D eigenvalue weighted by molar-refractivity contribution is 0.0872. The SMILES string of the molecule is O=C1C(=Cc2cccnc2)Oc2c1ccc1c2CN(Cc2ccncc2)CO1. The lowest BCUT2D eigenvalue weighted by atomic mass is 10.0. The fourth-order valence-electron chi connectivity index (χ4n) is 3.46. The summed E-state index contributed by atoms with van der Waals surface area (Å²) in [4.78, 5) is 23.1. The number of pyridine rings is 2. The fraction of sp³-hybridized carbons (Fsp3) is 0.136. The molecule has 2 aromatic heterocycles. The van der Waals surface area contributed by atoms with E-state index in [1.54, 1.807) is 36.9 Å². The number of carbonyl (C=O) groups is 1. The Morgan fingerprint density at radius 2 is 1.96 bits per heavy atom. The highest BCUT2D eigenvalue weighted by Crippen LogP contribution is 2.42. The van der Waals surface area contributed by atoms with E-state index in [9.17, 15) is 4.79 Å². The second kappa shape index (κ2) is 6.90. The van der Waals surface area contributed by atoms with E-state index in [2.05, 4.69) is 14.9 Å². The van der Waals surface area contributed by atoms with Crippen LogP contribution >= 0.6 is 0 Å². The zero-order valence-electron chi connectivity index (χ0n) is 15.0. The maximum Gasteiger partial charge on any atom is 0.231 e. The zero-order valence-corrected chi connectivity index (χ0v) is 15.0. The van der Waals surface area contributed by atoms with Gasteiger partial charge in [-0.05, 0) is 47.5 Å². The smallest absolute Gasteiger partial charge is 0.231 e. The summed E-state index contributed by atoms with van der Waals surface area (Å²) in [5, 5.41) is 0. The van der Waals surface area contributed by atoms with Gasteiger partial charge in [0, 0.05) is 37.9 Å². The van der Waals surface area contributed by atoms with Gasteiger partial charge in [0.15, 0.2) is 5.76 Å². The minimum absolute atomic E-state index is 0.118. The molecule has 0 saturated heterocycles. The Balaban J connectivity index is 1.44. The van der Waals surface area contributed by atoms with Gasteiger partial charge in [-0.2, -0.15) is 0 Å². The van der Waals surface area contributed by atoms with Gasteiger partial charge in [0.25, 0.3) is 0 Å². The molecule has 0 bridgehead atoms. The van der Waals surface area contributed by atoms with Crippen molar-refractivity contribution in [3.05, 3.63) is 89.2 Å². The van der Waals surface area contributed by atoms with Gasteiger partial charge in [0.1, 0.15) is 18.2 Å². The Morgan fingerprint density at radius 3 is 2.79 bits per heavy atom. The van der Waals surface area contributed by atoms with Crippen LogP contribution in [0.4, 0.5) is 0 Å². The van der Waals surface area contributed by atoms with E-state index in [0.717, 1.165) is 29.0 Å². The maximum atomic E-state index is 12.8. The molecule has 138 valence electrons. The predicted octanol–water partition coefficient (Wildman–Crippen LogP) is 3.44. The van der Waals surface area contributed by atoms with E-state index in [-0.39, 0.29) is 5.78 Å². The quantitative estimate of drug-likeness (QED) is 0.657. The molecule has 0 amide bonds. The van der Waals surface area contributed by atoms with Crippen LogP contribution in [0.1, 0.15) is 27.0 Å². The van der Waals surface area contributed by atoms with Gasteiger partial charge >= 0.3 is 0 Å². The summed E-state index contributed by atoms with van der Waals surface area (Å²) in [6, 6.07) is 11.3. The normalized spacial score (nSPS) is 17.0. The standard InChI is InChI=1S/C22H17N3O3/c26-21-17-3-4-19-18(13-25(14-27-19)12-15-5-8-23-9-6-15)22(17)28-20(21)10-16-2-1-7-24-11-16/h1-11H,12-14H2. The number of Topliss-reactive ketones (excluding diaryl/α,β-unsaturated/α-hetero) is 1. The number of nitrogens with zero attached hydrogens (tertiary/aromatic N) is 3. The Labute approximate surface area is 162 Å². The molecular weight excluding hydrogens is 354 g/mol. The molecule has 0 N–H and O–H groups in total. The molecule has 3 aromatic rings. The summed E-state index contributed by atoms with van der Waals surface area (Å²) in [5.74, 6) is 1.55. The van der Waals surface area contributed by atoms with Gasteiger partial charge < -0.3 is 9.47 Å². The first kappa shape index (κ1) is 16.6. The number of hydrogen-bond donors (Lipinski definition) is 0.